The monoisotopic (exact) mass is 934 g/mol. The number of rotatable bonds is 44. The number of hydrogen-bond donors (Lipinski definition) is 6. The maximum absolute atomic E-state index is 13.3. The first-order chi connectivity index (χ1) is 32.2. The van der Waals surface area contributed by atoms with Gasteiger partial charge in [-0.2, -0.15) is 0 Å². The number of nitrogens with one attached hydrogen (secondary N) is 1. The lowest BCUT2D eigenvalue weighted by Crippen LogP contribution is -2.61. The van der Waals surface area contributed by atoms with E-state index in [9.17, 15) is 35.1 Å². The second-order valence-electron chi connectivity index (χ2n) is 18.6. The van der Waals surface area contributed by atoms with Crippen molar-refractivity contribution < 1.29 is 49.3 Å². The maximum atomic E-state index is 13.3. The summed E-state index contributed by atoms with van der Waals surface area (Å²) in [7, 11) is 0. The van der Waals surface area contributed by atoms with Gasteiger partial charge in [0, 0.05) is 6.42 Å². The second kappa shape index (κ2) is 43.9. The van der Waals surface area contributed by atoms with E-state index in [1.54, 1.807) is 6.08 Å². The first-order valence-electron chi connectivity index (χ1n) is 26.9. The Kier molecular flexibility index (Phi) is 41.0. The summed E-state index contributed by atoms with van der Waals surface area (Å²) >= 11 is 0. The molecule has 1 aliphatic rings. The van der Waals surface area contributed by atoms with Crippen molar-refractivity contribution in [1.82, 2.24) is 5.32 Å². The fraction of sp³-hybridized carbons (Fsp3) is 0.818. The van der Waals surface area contributed by atoms with Crippen LogP contribution in [0.25, 0.3) is 0 Å². The molecule has 0 aliphatic carbocycles. The molecular formula is C55H99NO10. The van der Waals surface area contributed by atoms with E-state index in [2.05, 4.69) is 50.4 Å². The molecule has 11 heteroatoms. The summed E-state index contributed by atoms with van der Waals surface area (Å²) in [4.78, 5) is 26.3. The van der Waals surface area contributed by atoms with Crippen molar-refractivity contribution in [2.75, 3.05) is 13.2 Å². The smallest absolute Gasteiger partial charge is 0.306 e. The van der Waals surface area contributed by atoms with Crippen LogP contribution in [0.15, 0.2) is 48.6 Å². The van der Waals surface area contributed by atoms with Crippen LogP contribution in [0.4, 0.5) is 0 Å². The molecular weight excluding hydrogens is 835 g/mol. The van der Waals surface area contributed by atoms with Gasteiger partial charge in [0.05, 0.1) is 25.4 Å². The molecule has 1 amide bonds. The van der Waals surface area contributed by atoms with Gasteiger partial charge in [-0.1, -0.05) is 198 Å². The molecule has 66 heavy (non-hydrogen) atoms. The molecule has 0 aromatic rings. The van der Waals surface area contributed by atoms with Gasteiger partial charge >= 0.3 is 5.97 Å². The number of ether oxygens (including phenoxy) is 3. The predicted molar refractivity (Wildman–Crippen MR) is 269 cm³/mol. The van der Waals surface area contributed by atoms with Gasteiger partial charge in [0.15, 0.2) is 12.4 Å². The van der Waals surface area contributed by atoms with Crippen molar-refractivity contribution in [3.05, 3.63) is 48.6 Å². The Labute approximate surface area is 402 Å². The van der Waals surface area contributed by atoms with E-state index in [0.717, 1.165) is 51.4 Å². The first kappa shape index (κ1) is 61.6. The third kappa shape index (κ3) is 32.4. The highest BCUT2D eigenvalue weighted by molar-refractivity contribution is 5.80. The zero-order valence-electron chi connectivity index (χ0n) is 42.1. The van der Waals surface area contributed by atoms with Crippen molar-refractivity contribution in [1.29, 1.82) is 0 Å². The number of hydrogen-bond acceptors (Lipinski definition) is 10. The van der Waals surface area contributed by atoms with Crippen molar-refractivity contribution >= 4 is 11.9 Å². The highest BCUT2D eigenvalue weighted by Crippen LogP contribution is 2.26. The Morgan fingerprint density at radius 2 is 1.05 bits per heavy atom. The minimum atomic E-state index is -1.64. The van der Waals surface area contributed by atoms with Crippen LogP contribution in [0.1, 0.15) is 226 Å². The minimum absolute atomic E-state index is 0.0159. The standard InChI is InChI=1S/C55H99NO10/c1-4-7-10-13-16-19-22-24-27-30-33-36-39-42-48(59)54(63)56-46(47(58)41-38-35-32-29-26-21-18-15-12-9-6-3)45-64-55-53(52(62)51(61)49(44-57)65-55)66-50(60)43-40-37-34-31-28-25-23-20-17-14-11-8-5-2/h25,27-28,30,34,37-38,41,46-49,51-53,55,57-59,61-62H,4-24,26,29,31-33,35-36,39-40,42-45H2,1-3H3,(H,56,63)/b28-25-,30-27-,37-34+,41-38+. The van der Waals surface area contributed by atoms with Gasteiger partial charge < -0.3 is 45.1 Å². The molecule has 1 aliphatic heterocycles. The predicted octanol–water partition coefficient (Wildman–Crippen LogP) is 11.3. The lowest BCUT2D eigenvalue weighted by Gasteiger charge is -2.41. The fourth-order valence-electron chi connectivity index (χ4n) is 8.11. The lowest BCUT2D eigenvalue weighted by molar-refractivity contribution is -0.305. The number of unbranched alkanes of at least 4 members (excludes halogenated alkanes) is 24. The van der Waals surface area contributed by atoms with Crippen molar-refractivity contribution in [2.24, 2.45) is 0 Å². The van der Waals surface area contributed by atoms with E-state index in [4.69, 9.17) is 14.2 Å². The highest BCUT2D eigenvalue weighted by atomic mass is 16.7. The molecule has 0 aromatic heterocycles. The Morgan fingerprint density at radius 1 is 0.591 bits per heavy atom. The normalized spacial score (nSPS) is 20.5. The van der Waals surface area contributed by atoms with E-state index in [0.29, 0.717) is 12.8 Å². The second-order valence-corrected chi connectivity index (χ2v) is 18.6. The Hall–Kier alpha value is -2.38. The van der Waals surface area contributed by atoms with E-state index < -0.39 is 67.4 Å². The van der Waals surface area contributed by atoms with E-state index in [1.807, 2.05) is 18.2 Å². The van der Waals surface area contributed by atoms with Gasteiger partial charge in [0.2, 0.25) is 5.91 Å². The van der Waals surface area contributed by atoms with Crippen LogP contribution in [0, 0.1) is 0 Å². The molecule has 0 radical (unpaired) electrons. The van der Waals surface area contributed by atoms with Crippen LogP contribution in [0.5, 0.6) is 0 Å². The van der Waals surface area contributed by atoms with Crippen LogP contribution in [0.2, 0.25) is 0 Å². The average molecular weight is 934 g/mol. The summed E-state index contributed by atoms with van der Waals surface area (Å²) in [6.45, 7) is 5.70. The largest absolute Gasteiger partial charge is 0.454 e. The van der Waals surface area contributed by atoms with Gasteiger partial charge in [0.1, 0.15) is 24.4 Å². The number of aliphatic hydroxyl groups excluding tert-OH is 5. The highest BCUT2D eigenvalue weighted by Gasteiger charge is 2.47. The molecule has 0 spiro atoms. The van der Waals surface area contributed by atoms with Crippen LogP contribution < -0.4 is 5.32 Å². The van der Waals surface area contributed by atoms with Gasteiger partial charge in [-0.15, -0.1) is 0 Å². The van der Waals surface area contributed by atoms with E-state index >= 15 is 0 Å². The molecule has 8 unspecified atom stereocenters. The quantitative estimate of drug-likeness (QED) is 0.0196. The number of amides is 1. The average Bonchev–Trinajstić information content (AvgIpc) is 3.31. The molecule has 1 rings (SSSR count). The lowest BCUT2D eigenvalue weighted by atomic mass is 9.99. The number of carbonyl (C=O) groups is 2. The molecule has 0 saturated carbocycles. The summed E-state index contributed by atoms with van der Waals surface area (Å²) in [6, 6.07) is -1.04. The zero-order valence-corrected chi connectivity index (χ0v) is 42.1. The van der Waals surface area contributed by atoms with Crippen LogP contribution in [-0.2, 0) is 23.8 Å². The van der Waals surface area contributed by atoms with Gasteiger partial charge in [-0.05, 0) is 70.6 Å². The van der Waals surface area contributed by atoms with Gasteiger partial charge in [-0.25, -0.2) is 0 Å². The van der Waals surface area contributed by atoms with E-state index in [-0.39, 0.29) is 19.4 Å². The minimum Gasteiger partial charge on any atom is -0.454 e. The molecule has 1 heterocycles. The van der Waals surface area contributed by atoms with Crippen LogP contribution >= 0.6 is 0 Å². The molecule has 1 fully saturated rings. The van der Waals surface area contributed by atoms with Crippen LogP contribution in [-0.4, -0.2) is 99.6 Å². The summed E-state index contributed by atoms with van der Waals surface area (Å²) < 4.78 is 17.4. The number of aliphatic hydroxyl groups is 5. The van der Waals surface area contributed by atoms with Gasteiger partial charge in [-0.3, -0.25) is 9.59 Å². The first-order valence-corrected chi connectivity index (χ1v) is 26.9. The number of esters is 1. The molecule has 0 aromatic carbocycles. The molecule has 6 N–H and O–H groups in total. The Balaban J connectivity index is 2.81. The summed E-state index contributed by atoms with van der Waals surface area (Å²) in [5.74, 6) is -1.28. The fourth-order valence-corrected chi connectivity index (χ4v) is 8.11. The molecule has 11 nitrogen and oxygen atoms in total. The number of allylic oxidation sites excluding steroid dienone is 7. The molecule has 0 bridgehead atoms. The third-order valence-corrected chi connectivity index (χ3v) is 12.5. The topological polar surface area (TPSA) is 175 Å². The van der Waals surface area contributed by atoms with E-state index in [1.165, 1.54) is 128 Å². The molecule has 1 saturated heterocycles. The zero-order chi connectivity index (χ0) is 48.3. The third-order valence-electron chi connectivity index (χ3n) is 12.5. The number of carbonyl (C=O) groups excluding carboxylic acids is 2. The SMILES string of the molecule is CCCCCCCC/C=C\C/C=C/CCC(=O)OC1C(OCC(NC(=O)C(O)CCCC/C=C\CCCCCCCCC)C(O)/C=C/CCCCCCCCCCC)OC(CO)C(O)C1O. The molecule has 8 atom stereocenters. The summed E-state index contributed by atoms with van der Waals surface area (Å²) in [6.07, 6.45) is 40.4. The van der Waals surface area contributed by atoms with Crippen molar-refractivity contribution in [2.45, 2.75) is 275 Å². The Morgan fingerprint density at radius 3 is 1.56 bits per heavy atom. The Bertz CT molecular complexity index is 1260. The van der Waals surface area contributed by atoms with Crippen molar-refractivity contribution in [3.8, 4) is 0 Å². The van der Waals surface area contributed by atoms with Gasteiger partial charge in [0.25, 0.3) is 0 Å². The summed E-state index contributed by atoms with van der Waals surface area (Å²) in [5, 5.41) is 56.5. The van der Waals surface area contributed by atoms with Crippen molar-refractivity contribution in [3.63, 3.8) is 0 Å². The molecule has 384 valence electrons. The summed E-state index contributed by atoms with van der Waals surface area (Å²) in [5.41, 5.74) is 0. The van der Waals surface area contributed by atoms with Crippen LogP contribution in [0.3, 0.4) is 0 Å². The maximum Gasteiger partial charge on any atom is 0.306 e.